The topological polar surface area (TPSA) is 12.0 Å². The molecule has 0 fully saturated rings. The fraction of sp³-hybridized carbons (Fsp3) is 0.667. The van der Waals surface area contributed by atoms with E-state index in [0.717, 1.165) is 12.5 Å². The summed E-state index contributed by atoms with van der Waals surface area (Å²) in [5.41, 5.74) is 3.55. The fourth-order valence-corrected chi connectivity index (χ4v) is 3.10. The highest BCUT2D eigenvalue weighted by Gasteiger charge is 2.33. The predicted molar refractivity (Wildman–Crippen MR) is 83.7 cm³/mol. The van der Waals surface area contributed by atoms with Gasteiger partial charge in [0, 0.05) is 6.04 Å². The Hall–Kier alpha value is -0.820. The van der Waals surface area contributed by atoms with Gasteiger partial charge in [-0.25, -0.2) is 0 Å². The second-order valence-electron chi connectivity index (χ2n) is 6.68. The molecule has 0 heterocycles. The molecule has 1 aromatic carbocycles. The van der Waals surface area contributed by atoms with E-state index >= 15 is 0 Å². The smallest absolute Gasteiger partial charge is 0.0124 e. The van der Waals surface area contributed by atoms with Crippen LogP contribution in [0.1, 0.15) is 64.0 Å². The van der Waals surface area contributed by atoms with Gasteiger partial charge in [0.05, 0.1) is 0 Å². The van der Waals surface area contributed by atoms with Crippen LogP contribution in [0.15, 0.2) is 24.3 Å². The SMILES string of the molecule is CCCNC(CC1Cc2ccccc21)C(C)(C)CC. The molecule has 0 saturated carbocycles. The Bertz CT molecular complexity index is 408. The minimum Gasteiger partial charge on any atom is -0.313 e. The summed E-state index contributed by atoms with van der Waals surface area (Å²) in [7, 11) is 0. The zero-order valence-corrected chi connectivity index (χ0v) is 13.0. The van der Waals surface area contributed by atoms with E-state index in [1.807, 2.05) is 0 Å². The molecule has 2 atom stereocenters. The van der Waals surface area contributed by atoms with Crippen LogP contribution in [-0.4, -0.2) is 12.6 Å². The maximum absolute atomic E-state index is 3.79. The lowest BCUT2D eigenvalue weighted by atomic mass is 9.69. The fourth-order valence-electron chi connectivity index (χ4n) is 3.10. The summed E-state index contributed by atoms with van der Waals surface area (Å²) in [5, 5.41) is 3.79. The Balaban J connectivity index is 2.02. The van der Waals surface area contributed by atoms with Gasteiger partial charge >= 0.3 is 0 Å². The lowest BCUT2D eigenvalue weighted by Gasteiger charge is -2.40. The van der Waals surface area contributed by atoms with Crippen molar-refractivity contribution in [2.24, 2.45) is 5.41 Å². The standard InChI is InChI=1S/C18H29N/c1-5-11-19-17(18(3,4)6-2)13-15-12-14-9-7-8-10-16(14)15/h7-10,15,17,19H,5-6,11-13H2,1-4H3. The summed E-state index contributed by atoms with van der Waals surface area (Å²) < 4.78 is 0. The Labute approximate surface area is 118 Å². The summed E-state index contributed by atoms with van der Waals surface area (Å²) in [6, 6.07) is 9.59. The van der Waals surface area contributed by atoms with Crippen molar-refractivity contribution in [3.63, 3.8) is 0 Å². The van der Waals surface area contributed by atoms with E-state index in [2.05, 4.69) is 57.3 Å². The molecule has 0 amide bonds. The van der Waals surface area contributed by atoms with Crippen LogP contribution in [0.3, 0.4) is 0 Å². The molecule has 0 aliphatic heterocycles. The van der Waals surface area contributed by atoms with Gasteiger partial charge in [0.25, 0.3) is 0 Å². The molecule has 0 spiro atoms. The molecule has 1 aliphatic rings. The Morgan fingerprint density at radius 3 is 2.63 bits per heavy atom. The Morgan fingerprint density at radius 1 is 1.26 bits per heavy atom. The molecule has 1 nitrogen and oxygen atoms in total. The predicted octanol–water partition coefficient (Wildman–Crippen LogP) is 4.52. The van der Waals surface area contributed by atoms with Gasteiger partial charge in [-0.15, -0.1) is 0 Å². The van der Waals surface area contributed by atoms with E-state index in [1.54, 1.807) is 11.1 Å². The first kappa shape index (κ1) is 14.6. The van der Waals surface area contributed by atoms with Crippen molar-refractivity contribution in [2.75, 3.05) is 6.54 Å². The average Bonchev–Trinajstić information content (AvgIpc) is 2.39. The maximum atomic E-state index is 3.79. The quantitative estimate of drug-likeness (QED) is 0.759. The molecule has 2 rings (SSSR count). The minimum atomic E-state index is 0.389. The van der Waals surface area contributed by atoms with E-state index < -0.39 is 0 Å². The first-order chi connectivity index (χ1) is 9.08. The van der Waals surface area contributed by atoms with E-state index in [1.165, 1.54) is 25.7 Å². The van der Waals surface area contributed by atoms with E-state index in [9.17, 15) is 0 Å². The monoisotopic (exact) mass is 259 g/mol. The Kier molecular flexibility index (Phi) is 4.67. The van der Waals surface area contributed by atoms with Gasteiger partial charge in [-0.05, 0) is 54.7 Å². The third kappa shape index (κ3) is 3.20. The first-order valence-corrected chi connectivity index (χ1v) is 7.89. The summed E-state index contributed by atoms with van der Waals surface area (Å²) in [6.45, 7) is 10.5. The molecule has 0 bridgehead atoms. The summed E-state index contributed by atoms with van der Waals surface area (Å²) >= 11 is 0. The van der Waals surface area contributed by atoms with Gasteiger partial charge in [0.2, 0.25) is 0 Å². The third-order valence-electron chi connectivity index (χ3n) is 4.98. The average molecular weight is 259 g/mol. The number of fused-ring (bicyclic) bond motifs is 1. The summed E-state index contributed by atoms with van der Waals surface area (Å²) in [4.78, 5) is 0. The number of hydrogen-bond donors (Lipinski definition) is 1. The first-order valence-electron chi connectivity index (χ1n) is 7.89. The van der Waals surface area contributed by atoms with Gasteiger partial charge in [-0.1, -0.05) is 52.0 Å². The van der Waals surface area contributed by atoms with Gasteiger partial charge in [-0.2, -0.15) is 0 Å². The number of benzene rings is 1. The molecule has 1 aliphatic carbocycles. The molecule has 2 unspecified atom stereocenters. The summed E-state index contributed by atoms with van der Waals surface area (Å²) in [6.07, 6.45) is 5.03. The second-order valence-corrected chi connectivity index (χ2v) is 6.68. The van der Waals surface area contributed by atoms with Crippen LogP contribution < -0.4 is 5.32 Å². The molecule has 0 saturated heterocycles. The van der Waals surface area contributed by atoms with E-state index in [0.29, 0.717) is 11.5 Å². The van der Waals surface area contributed by atoms with Crippen LogP contribution in [0.5, 0.6) is 0 Å². The van der Waals surface area contributed by atoms with Gasteiger partial charge in [0.15, 0.2) is 0 Å². The molecule has 0 radical (unpaired) electrons. The normalized spacial score (nSPS) is 19.7. The minimum absolute atomic E-state index is 0.389. The number of rotatable bonds is 7. The number of hydrogen-bond acceptors (Lipinski definition) is 1. The van der Waals surface area contributed by atoms with E-state index in [-0.39, 0.29) is 0 Å². The maximum Gasteiger partial charge on any atom is 0.0124 e. The van der Waals surface area contributed by atoms with Crippen LogP contribution in [0.2, 0.25) is 0 Å². The zero-order valence-electron chi connectivity index (χ0n) is 13.0. The van der Waals surface area contributed by atoms with Gasteiger partial charge in [0.1, 0.15) is 0 Å². The summed E-state index contributed by atoms with van der Waals surface area (Å²) in [5.74, 6) is 0.774. The molecule has 1 heteroatoms. The molecule has 19 heavy (non-hydrogen) atoms. The van der Waals surface area contributed by atoms with Crippen molar-refractivity contribution in [1.82, 2.24) is 5.32 Å². The van der Waals surface area contributed by atoms with Crippen molar-refractivity contribution in [3.8, 4) is 0 Å². The van der Waals surface area contributed by atoms with Crippen LogP contribution in [0.4, 0.5) is 0 Å². The van der Waals surface area contributed by atoms with E-state index in [4.69, 9.17) is 0 Å². The molecular formula is C18H29N. The molecular weight excluding hydrogens is 230 g/mol. The van der Waals surface area contributed by atoms with Crippen molar-refractivity contribution >= 4 is 0 Å². The van der Waals surface area contributed by atoms with Crippen LogP contribution in [-0.2, 0) is 6.42 Å². The highest BCUT2D eigenvalue weighted by atomic mass is 14.9. The van der Waals surface area contributed by atoms with Crippen molar-refractivity contribution in [3.05, 3.63) is 35.4 Å². The highest BCUT2D eigenvalue weighted by molar-refractivity contribution is 5.40. The lowest BCUT2D eigenvalue weighted by Crippen LogP contribution is -2.44. The Morgan fingerprint density at radius 2 is 2.00 bits per heavy atom. The van der Waals surface area contributed by atoms with Crippen molar-refractivity contribution in [2.45, 2.75) is 65.3 Å². The molecule has 1 aromatic rings. The number of nitrogens with one attached hydrogen (secondary N) is 1. The van der Waals surface area contributed by atoms with Gasteiger partial charge < -0.3 is 5.32 Å². The highest BCUT2D eigenvalue weighted by Crippen LogP contribution is 2.41. The zero-order chi connectivity index (χ0) is 13.9. The van der Waals surface area contributed by atoms with Gasteiger partial charge in [-0.3, -0.25) is 0 Å². The van der Waals surface area contributed by atoms with Crippen LogP contribution in [0.25, 0.3) is 0 Å². The van der Waals surface area contributed by atoms with Crippen LogP contribution in [0, 0.1) is 5.41 Å². The molecule has 1 N–H and O–H groups in total. The van der Waals surface area contributed by atoms with Crippen LogP contribution >= 0.6 is 0 Å². The molecule has 106 valence electrons. The third-order valence-corrected chi connectivity index (χ3v) is 4.98. The lowest BCUT2D eigenvalue weighted by molar-refractivity contribution is 0.206. The second kappa shape index (κ2) is 6.09. The largest absolute Gasteiger partial charge is 0.313 e. The van der Waals surface area contributed by atoms with Crippen molar-refractivity contribution < 1.29 is 0 Å². The molecule has 0 aromatic heterocycles. The van der Waals surface area contributed by atoms with Crippen molar-refractivity contribution in [1.29, 1.82) is 0 Å².